The summed E-state index contributed by atoms with van der Waals surface area (Å²) in [5.74, 6) is 1.30. The van der Waals surface area contributed by atoms with Crippen LogP contribution in [0.4, 0.5) is 0 Å². The third-order valence-electron chi connectivity index (χ3n) is 5.34. The molecule has 0 bridgehead atoms. The maximum absolute atomic E-state index is 13.1. The summed E-state index contributed by atoms with van der Waals surface area (Å²) < 4.78 is 18.7. The molecule has 1 aliphatic rings. The summed E-state index contributed by atoms with van der Waals surface area (Å²) in [6.45, 7) is 9.26. The molecule has 1 aliphatic heterocycles. The molecule has 0 aliphatic carbocycles. The standard InChI is InChI=1S/C24H26BrNO4/c1-15-13-26(14-16(2)29-15)10-11-28-20-8-9-21-22(12-20)30-17(3)23(24(21)27)18-4-6-19(25)7-5-18/h4-9,12,15-16H,10-11,13-14H2,1-3H3/t15-,16-/m0/s1. The van der Waals surface area contributed by atoms with Crippen LogP contribution in [0.15, 0.2) is 56.1 Å². The molecule has 1 fully saturated rings. The number of hydrogen-bond donors (Lipinski definition) is 0. The first kappa shape index (κ1) is 21.1. The first-order valence-corrected chi connectivity index (χ1v) is 11.0. The van der Waals surface area contributed by atoms with Gasteiger partial charge in [0.05, 0.1) is 23.2 Å². The molecule has 6 heteroatoms. The van der Waals surface area contributed by atoms with Gasteiger partial charge in [-0.3, -0.25) is 9.69 Å². The van der Waals surface area contributed by atoms with Crippen molar-refractivity contribution in [1.82, 2.24) is 4.90 Å². The molecule has 0 spiro atoms. The van der Waals surface area contributed by atoms with Gasteiger partial charge in [-0.25, -0.2) is 0 Å². The predicted molar refractivity (Wildman–Crippen MR) is 122 cm³/mol. The molecule has 4 rings (SSSR count). The van der Waals surface area contributed by atoms with Crippen LogP contribution in [0.1, 0.15) is 19.6 Å². The fourth-order valence-corrected chi connectivity index (χ4v) is 4.35. The van der Waals surface area contributed by atoms with Gasteiger partial charge < -0.3 is 13.9 Å². The molecule has 0 radical (unpaired) electrons. The van der Waals surface area contributed by atoms with E-state index < -0.39 is 0 Å². The number of morpholine rings is 1. The molecular formula is C24H26BrNO4. The molecule has 30 heavy (non-hydrogen) atoms. The van der Waals surface area contributed by atoms with E-state index in [0.29, 0.717) is 34.6 Å². The Bertz CT molecular complexity index is 1080. The number of hydrogen-bond acceptors (Lipinski definition) is 5. The van der Waals surface area contributed by atoms with Crippen LogP contribution in [0.25, 0.3) is 22.1 Å². The van der Waals surface area contributed by atoms with Crippen molar-refractivity contribution in [2.75, 3.05) is 26.2 Å². The Morgan fingerprint density at radius 2 is 1.80 bits per heavy atom. The lowest BCUT2D eigenvalue weighted by Gasteiger charge is -2.35. The van der Waals surface area contributed by atoms with E-state index in [1.165, 1.54) is 0 Å². The SMILES string of the molecule is Cc1oc2cc(OCCN3C[C@H](C)O[C@@H](C)C3)ccc2c(=O)c1-c1ccc(Br)cc1. The van der Waals surface area contributed by atoms with Crippen molar-refractivity contribution in [1.29, 1.82) is 0 Å². The minimum atomic E-state index is -0.0288. The van der Waals surface area contributed by atoms with Crippen molar-refractivity contribution < 1.29 is 13.9 Å². The number of fused-ring (bicyclic) bond motifs is 1. The number of nitrogens with zero attached hydrogens (tertiary/aromatic N) is 1. The summed E-state index contributed by atoms with van der Waals surface area (Å²) in [5.41, 5.74) is 1.96. The monoisotopic (exact) mass is 471 g/mol. The molecule has 1 saturated heterocycles. The van der Waals surface area contributed by atoms with Gasteiger partial charge >= 0.3 is 0 Å². The number of aryl methyl sites for hydroxylation is 1. The highest BCUT2D eigenvalue weighted by molar-refractivity contribution is 9.10. The molecule has 0 unspecified atom stereocenters. The predicted octanol–water partition coefficient (Wildman–Crippen LogP) is 5.02. The molecular weight excluding hydrogens is 446 g/mol. The van der Waals surface area contributed by atoms with Crippen LogP contribution in [0, 0.1) is 6.92 Å². The Morgan fingerprint density at radius 3 is 2.50 bits per heavy atom. The highest BCUT2D eigenvalue weighted by Gasteiger charge is 2.21. The van der Waals surface area contributed by atoms with Crippen molar-refractivity contribution in [2.24, 2.45) is 0 Å². The molecule has 0 saturated carbocycles. The summed E-state index contributed by atoms with van der Waals surface area (Å²) in [6, 6.07) is 13.1. The van der Waals surface area contributed by atoms with Gasteiger partial charge in [0.25, 0.3) is 0 Å². The lowest BCUT2D eigenvalue weighted by atomic mass is 10.0. The van der Waals surface area contributed by atoms with E-state index in [0.717, 1.165) is 29.7 Å². The average Bonchev–Trinajstić information content (AvgIpc) is 2.68. The van der Waals surface area contributed by atoms with Crippen LogP contribution in [-0.4, -0.2) is 43.3 Å². The summed E-state index contributed by atoms with van der Waals surface area (Å²) in [5, 5.41) is 0.557. The van der Waals surface area contributed by atoms with Gasteiger partial charge in [-0.2, -0.15) is 0 Å². The molecule has 2 heterocycles. The Balaban J connectivity index is 1.51. The molecule has 3 aromatic rings. The average molecular weight is 472 g/mol. The Morgan fingerprint density at radius 1 is 1.10 bits per heavy atom. The molecule has 1 aromatic heterocycles. The van der Waals surface area contributed by atoms with Gasteiger partial charge in [0.2, 0.25) is 5.43 Å². The maximum atomic E-state index is 13.1. The van der Waals surface area contributed by atoms with Gasteiger partial charge in [0, 0.05) is 30.2 Å². The van der Waals surface area contributed by atoms with Crippen molar-refractivity contribution in [3.8, 4) is 16.9 Å². The van der Waals surface area contributed by atoms with Crippen LogP contribution in [0.5, 0.6) is 5.75 Å². The fourth-order valence-electron chi connectivity index (χ4n) is 4.09. The van der Waals surface area contributed by atoms with E-state index in [-0.39, 0.29) is 17.6 Å². The van der Waals surface area contributed by atoms with Gasteiger partial charge in [0.15, 0.2) is 0 Å². The zero-order valence-electron chi connectivity index (χ0n) is 17.5. The van der Waals surface area contributed by atoms with Gasteiger partial charge in [0.1, 0.15) is 23.7 Å². The molecule has 2 atom stereocenters. The first-order valence-electron chi connectivity index (χ1n) is 10.2. The van der Waals surface area contributed by atoms with E-state index in [2.05, 4.69) is 34.7 Å². The van der Waals surface area contributed by atoms with Crippen molar-refractivity contribution in [3.63, 3.8) is 0 Å². The number of ether oxygens (including phenoxy) is 2. The highest BCUT2D eigenvalue weighted by Crippen LogP contribution is 2.27. The third-order valence-corrected chi connectivity index (χ3v) is 5.87. The van der Waals surface area contributed by atoms with Gasteiger partial charge in [-0.15, -0.1) is 0 Å². The fraction of sp³-hybridized carbons (Fsp3) is 0.375. The van der Waals surface area contributed by atoms with Crippen LogP contribution in [-0.2, 0) is 4.74 Å². The quantitative estimate of drug-likeness (QED) is 0.522. The van der Waals surface area contributed by atoms with E-state index in [1.54, 1.807) is 12.1 Å². The minimum Gasteiger partial charge on any atom is -0.492 e. The summed E-state index contributed by atoms with van der Waals surface area (Å²) in [4.78, 5) is 15.5. The van der Waals surface area contributed by atoms with Crippen LogP contribution < -0.4 is 10.2 Å². The summed E-state index contributed by atoms with van der Waals surface area (Å²) in [7, 11) is 0. The molecule has 0 amide bonds. The second-order valence-corrected chi connectivity index (χ2v) is 8.81. The summed E-state index contributed by atoms with van der Waals surface area (Å²) >= 11 is 3.43. The molecule has 0 N–H and O–H groups in total. The van der Waals surface area contributed by atoms with Crippen molar-refractivity contribution in [2.45, 2.75) is 33.0 Å². The third kappa shape index (κ3) is 4.61. The smallest absolute Gasteiger partial charge is 0.200 e. The maximum Gasteiger partial charge on any atom is 0.200 e. The number of halogens is 1. The van der Waals surface area contributed by atoms with Crippen LogP contribution >= 0.6 is 15.9 Å². The topological polar surface area (TPSA) is 51.9 Å². The lowest BCUT2D eigenvalue weighted by molar-refractivity contribution is -0.0699. The zero-order valence-corrected chi connectivity index (χ0v) is 19.1. The molecule has 2 aromatic carbocycles. The lowest BCUT2D eigenvalue weighted by Crippen LogP contribution is -2.46. The minimum absolute atomic E-state index is 0.0288. The Hall–Kier alpha value is -2.15. The van der Waals surface area contributed by atoms with Crippen LogP contribution in [0.2, 0.25) is 0 Å². The number of benzene rings is 2. The Kier molecular flexibility index (Phi) is 6.27. The van der Waals surface area contributed by atoms with Crippen molar-refractivity contribution >= 4 is 26.9 Å². The van der Waals surface area contributed by atoms with Gasteiger partial charge in [-0.1, -0.05) is 28.1 Å². The van der Waals surface area contributed by atoms with Gasteiger partial charge in [-0.05, 0) is 50.6 Å². The van der Waals surface area contributed by atoms with Crippen LogP contribution in [0.3, 0.4) is 0 Å². The van der Waals surface area contributed by atoms with Crippen molar-refractivity contribution in [3.05, 3.63) is 62.9 Å². The molecule has 158 valence electrons. The normalized spacial score (nSPS) is 19.9. The van der Waals surface area contributed by atoms with E-state index in [1.807, 2.05) is 37.3 Å². The second-order valence-electron chi connectivity index (χ2n) is 7.89. The van der Waals surface area contributed by atoms with E-state index in [4.69, 9.17) is 13.9 Å². The first-order chi connectivity index (χ1) is 14.4. The van der Waals surface area contributed by atoms with E-state index in [9.17, 15) is 4.79 Å². The number of rotatable bonds is 5. The molecule has 5 nitrogen and oxygen atoms in total. The summed E-state index contributed by atoms with van der Waals surface area (Å²) in [6.07, 6.45) is 0.484. The van der Waals surface area contributed by atoms with E-state index >= 15 is 0 Å². The largest absolute Gasteiger partial charge is 0.492 e. The second kappa shape index (κ2) is 8.92. The Labute approximate surface area is 184 Å². The highest BCUT2D eigenvalue weighted by atomic mass is 79.9. The zero-order chi connectivity index (χ0) is 21.3.